The highest BCUT2D eigenvalue weighted by atomic mass is 31.2. The number of ether oxygens (including phenoxy) is 2. The van der Waals surface area contributed by atoms with Crippen LogP contribution in [-0.2, 0) is 37.5 Å². The molecule has 0 radical (unpaired) electrons. The average Bonchev–Trinajstić information content (AvgIpc) is 3.20. The Morgan fingerprint density at radius 2 is 0.931 bits per heavy atom. The third-order valence-corrected chi connectivity index (χ3v) is 11.0. The van der Waals surface area contributed by atoms with Crippen LogP contribution in [-0.4, -0.2) is 98.7 Å². The molecule has 0 saturated carbocycles. The average molecular weight is 853 g/mol. The normalized spacial score (nSPS) is 15.4. The van der Waals surface area contributed by atoms with Crippen LogP contribution in [0.3, 0.4) is 0 Å². The van der Waals surface area contributed by atoms with Crippen molar-refractivity contribution in [3.05, 3.63) is 12.2 Å². The molecule has 0 spiro atoms. The lowest BCUT2D eigenvalue weighted by molar-refractivity contribution is -0.164. The molecule has 15 heteroatoms. The number of rotatable bonds is 42. The van der Waals surface area contributed by atoms with Crippen molar-refractivity contribution >= 4 is 25.7 Å². The van der Waals surface area contributed by atoms with Crippen LogP contribution in [0.4, 0.5) is 0 Å². The van der Waals surface area contributed by atoms with Crippen molar-refractivity contribution in [3.63, 3.8) is 0 Å². The van der Waals surface area contributed by atoms with Gasteiger partial charge in [0.1, 0.15) is 24.9 Å². The molecule has 14 nitrogen and oxygen atoms in total. The summed E-state index contributed by atoms with van der Waals surface area (Å²) < 4.78 is 32.9. The van der Waals surface area contributed by atoms with E-state index in [0.717, 1.165) is 57.8 Å². The van der Waals surface area contributed by atoms with Crippen LogP contribution in [0.25, 0.3) is 0 Å². The van der Waals surface area contributed by atoms with E-state index in [2.05, 4.69) is 30.5 Å². The summed E-state index contributed by atoms with van der Waals surface area (Å²) in [4.78, 5) is 46.1. The second kappa shape index (κ2) is 38.1. The van der Waals surface area contributed by atoms with E-state index in [1.165, 1.54) is 96.3 Å². The Hall–Kier alpha value is -1.90. The van der Waals surface area contributed by atoms with Crippen molar-refractivity contribution in [2.24, 2.45) is 0 Å². The zero-order chi connectivity index (χ0) is 43.3. The third kappa shape index (κ3) is 33.9. The number of carboxylic acids is 1. The van der Waals surface area contributed by atoms with Gasteiger partial charge in [-0.05, 0) is 38.5 Å². The molecule has 342 valence electrons. The lowest BCUT2D eigenvalue weighted by atomic mass is 10.0. The highest BCUT2D eigenvalue weighted by Crippen LogP contribution is 2.43. The molecule has 0 fully saturated rings. The Labute approximate surface area is 349 Å². The first-order chi connectivity index (χ1) is 27.8. The van der Waals surface area contributed by atoms with Crippen LogP contribution in [0, 0.1) is 0 Å². The summed E-state index contributed by atoms with van der Waals surface area (Å²) in [7, 11) is -4.97. The molecule has 0 aliphatic rings. The van der Waals surface area contributed by atoms with Crippen LogP contribution in [0.5, 0.6) is 0 Å². The number of phosphoric acid groups is 1. The molecule has 0 heterocycles. The number of carbonyl (C=O) groups is 3. The molecular formula is C43H81O14P. The summed E-state index contributed by atoms with van der Waals surface area (Å²) in [5, 5.41) is 47.7. The first-order valence-electron chi connectivity index (χ1n) is 22.4. The molecule has 58 heavy (non-hydrogen) atoms. The summed E-state index contributed by atoms with van der Waals surface area (Å²) in [6, 6.07) is 0. The van der Waals surface area contributed by atoms with Crippen molar-refractivity contribution in [2.75, 3.05) is 19.8 Å². The number of carbonyl (C=O) groups excluding carboxylic acids is 2. The predicted octanol–water partition coefficient (Wildman–Crippen LogP) is 8.62. The van der Waals surface area contributed by atoms with Gasteiger partial charge in [0.2, 0.25) is 0 Å². The van der Waals surface area contributed by atoms with Crippen LogP contribution in [0.1, 0.15) is 194 Å². The molecular weight excluding hydrogens is 771 g/mol. The van der Waals surface area contributed by atoms with E-state index in [9.17, 15) is 44.3 Å². The van der Waals surface area contributed by atoms with Gasteiger partial charge in [-0.25, -0.2) is 9.36 Å². The predicted molar refractivity (Wildman–Crippen MR) is 224 cm³/mol. The molecule has 6 atom stereocenters. The van der Waals surface area contributed by atoms with Gasteiger partial charge in [-0.1, -0.05) is 154 Å². The number of aliphatic hydroxyl groups is 4. The highest BCUT2D eigenvalue weighted by Gasteiger charge is 2.36. The van der Waals surface area contributed by atoms with E-state index in [-0.39, 0.29) is 12.8 Å². The van der Waals surface area contributed by atoms with E-state index in [1.54, 1.807) is 0 Å². The summed E-state index contributed by atoms with van der Waals surface area (Å²) in [6.45, 7) is 2.21. The number of hydrogen-bond donors (Lipinski definition) is 6. The van der Waals surface area contributed by atoms with Gasteiger partial charge >= 0.3 is 25.7 Å². The molecule has 0 aromatic rings. The Morgan fingerprint density at radius 3 is 1.38 bits per heavy atom. The zero-order valence-electron chi connectivity index (χ0n) is 35.9. The van der Waals surface area contributed by atoms with Gasteiger partial charge in [0.15, 0.2) is 12.2 Å². The Bertz CT molecular complexity index is 1090. The monoisotopic (exact) mass is 853 g/mol. The van der Waals surface area contributed by atoms with E-state index >= 15 is 0 Å². The van der Waals surface area contributed by atoms with Gasteiger partial charge in [-0.2, -0.15) is 0 Å². The summed E-state index contributed by atoms with van der Waals surface area (Å²) in [5.41, 5.74) is 0. The molecule has 0 bridgehead atoms. The standard InChI is InChI=1S/C43H81O14P/c1-3-5-7-9-11-13-15-17-18-20-22-24-26-28-30-32-39(46)57-36(34-55-58(52,53)56-35-37(44)40(47)41(48)42(49)43(50)51)33-54-38(45)31-29-27-25-23-21-19-16-14-12-10-8-6-4-2/h17-18,36-37,40-42,44,47-49H,3-16,19-35H2,1-2H3,(H,50,51)(H,52,53). The van der Waals surface area contributed by atoms with Crippen molar-refractivity contribution in [2.45, 2.75) is 224 Å². The van der Waals surface area contributed by atoms with E-state index in [1.807, 2.05) is 0 Å². The van der Waals surface area contributed by atoms with Gasteiger partial charge in [0.25, 0.3) is 0 Å². The lowest BCUT2D eigenvalue weighted by Gasteiger charge is -2.25. The fourth-order valence-corrected chi connectivity index (χ4v) is 7.06. The number of aliphatic carboxylic acids is 1. The molecule has 0 aromatic carbocycles. The quantitative estimate of drug-likeness (QED) is 0.0146. The van der Waals surface area contributed by atoms with E-state index < -0.39 is 76.1 Å². The molecule has 0 aliphatic heterocycles. The largest absolute Gasteiger partial charge is 0.479 e. The van der Waals surface area contributed by atoms with Crippen LogP contribution in [0.2, 0.25) is 0 Å². The number of unbranched alkanes of at least 4 members (excludes halogenated alkanes) is 23. The smallest absolute Gasteiger partial charge is 0.472 e. The fraction of sp³-hybridized carbons (Fsp3) is 0.884. The molecule has 0 aliphatic carbocycles. The minimum absolute atomic E-state index is 0.0868. The number of aliphatic hydroxyl groups excluding tert-OH is 4. The maximum absolute atomic E-state index is 12.7. The summed E-state index contributed by atoms with van der Waals surface area (Å²) in [6.07, 6.45) is 23.9. The molecule has 6 N–H and O–H groups in total. The highest BCUT2D eigenvalue weighted by molar-refractivity contribution is 7.47. The molecule has 0 rings (SSSR count). The van der Waals surface area contributed by atoms with Gasteiger partial charge < -0.3 is 39.9 Å². The fourth-order valence-electron chi connectivity index (χ4n) is 6.29. The van der Waals surface area contributed by atoms with Crippen LogP contribution in [0.15, 0.2) is 12.2 Å². The van der Waals surface area contributed by atoms with Gasteiger partial charge in [0, 0.05) is 12.8 Å². The van der Waals surface area contributed by atoms with Crippen molar-refractivity contribution in [1.82, 2.24) is 0 Å². The molecule has 6 unspecified atom stereocenters. The summed E-state index contributed by atoms with van der Waals surface area (Å²) in [5.74, 6) is -2.97. The first-order valence-corrected chi connectivity index (χ1v) is 23.9. The summed E-state index contributed by atoms with van der Waals surface area (Å²) >= 11 is 0. The van der Waals surface area contributed by atoms with Gasteiger partial charge in [-0.3, -0.25) is 18.6 Å². The van der Waals surface area contributed by atoms with Crippen molar-refractivity contribution in [1.29, 1.82) is 0 Å². The minimum atomic E-state index is -4.97. The third-order valence-electron chi connectivity index (χ3n) is 10.0. The molecule has 0 saturated heterocycles. The SMILES string of the molecule is CCCCCCCCC=CCCCCCCCC(=O)OC(COC(=O)CCCCCCCCCCCCCCC)COP(=O)(O)OCC(O)C(O)C(O)C(O)C(=O)O. The molecule has 0 amide bonds. The van der Waals surface area contributed by atoms with E-state index in [4.69, 9.17) is 19.1 Å². The number of allylic oxidation sites excluding steroid dienone is 2. The second-order valence-corrected chi connectivity index (χ2v) is 17.0. The Morgan fingerprint density at radius 1 is 0.534 bits per heavy atom. The zero-order valence-corrected chi connectivity index (χ0v) is 36.8. The lowest BCUT2D eigenvalue weighted by Crippen LogP contribution is -2.48. The van der Waals surface area contributed by atoms with Gasteiger partial charge in [-0.15, -0.1) is 0 Å². The Balaban J connectivity index is 4.71. The number of carboxylic acid groups (broad SMARTS) is 1. The second-order valence-electron chi connectivity index (χ2n) is 15.5. The number of hydrogen-bond acceptors (Lipinski definition) is 12. The minimum Gasteiger partial charge on any atom is -0.479 e. The first kappa shape index (κ1) is 56.1. The topological polar surface area (TPSA) is 227 Å². The van der Waals surface area contributed by atoms with Crippen LogP contribution >= 0.6 is 7.82 Å². The molecule has 0 aromatic heterocycles. The van der Waals surface area contributed by atoms with Crippen molar-refractivity contribution in [3.8, 4) is 0 Å². The van der Waals surface area contributed by atoms with Gasteiger partial charge in [0.05, 0.1) is 13.2 Å². The van der Waals surface area contributed by atoms with E-state index in [0.29, 0.717) is 12.8 Å². The van der Waals surface area contributed by atoms with Crippen molar-refractivity contribution < 1.29 is 67.9 Å². The van der Waals surface area contributed by atoms with Crippen LogP contribution < -0.4 is 0 Å². The Kier molecular flexibility index (Phi) is 36.8. The maximum Gasteiger partial charge on any atom is 0.472 e. The number of esters is 2. The maximum atomic E-state index is 12.7. The number of phosphoric ester groups is 1.